The summed E-state index contributed by atoms with van der Waals surface area (Å²) in [5, 5.41) is 0. The van der Waals surface area contributed by atoms with Crippen LogP contribution in [0.15, 0.2) is 36.4 Å². The lowest BCUT2D eigenvalue weighted by Crippen LogP contribution is -2.40. The van der Waals surface area contributed by atoms with Gasteiger partial charge in [-0.3, -0.25) is 4.90 Å². The van der Waals surface area contributed by atoms with Gasteiger partial charge in [-0.1, -0.05) is 12.1 Å². The highest BCUT2D eigenvalue weighted by molar-refractivity contribution is 5.55. The smallest absolute Gasteiger partial charge is 0.231 e. The fraction of sp³-hybridized carbons (Fsp3) is 0.333. The Bertz CT molecular complexity index is 717. The zero-order valence-corrected chi connectivity index (χ0v) is 12.9. The fourth-order valence-electron chi connectivity index (χ4n) is 3.20. The van der Waals surface area contributed by atoms with Crippen molar-refractivity contribution in [1.82, 2.24) is 4.90 Å². The number of methoxy groups -OCH3 is 1. The molecule has 0 aromatic heterocycles. The van der Waals surface area contributed by atoms with E-state index in [0.29, 0.717) is 17.5 Å². The first-order valence-corrected chi connectivity index (χ1v) is 7.70. The van der Waals surface area contributed by atoms with Gasteiger partial charge < -0.3 is 14.2 Å². The summed E-state index contributed by atoms with van der Waals surface area (Å²) in [6, 6.07) is 11.1. The first-order valence-electron chi connectivity index (χ1n) is 7.70. The first-order chi connectivity index (χ1) is 11.2. The van der Waals surface area contributed by atoms with E-state index < -0.39 is 0 Å². The van der Waals surface area contributed by atoms with Crippen molar-refractivity contribution in [1.29, 1.82) is 0 Å². The second-order valence-electron chi connectivity index (χ2n) is 5.86. The minimum absolute atomic E-state index is 0.194. The maximum Gasteiger partial charge on any atom is 0.231 e. The Kier molecular flexibility index (Phi) is 3.58. The van der Waals surface area contributed by atoms with E-state index in [4.69, 9.17) is 14.2 Å². The fourth-order valence-corrected chi connectivity index (χ4v) is 3.20. The Morgan fingerprint density at radius 2 is 2.04 bits per heavy atom. The normalized spacial score (nSPS) is 19.5. The standard InChI is InChI=1S/C18H18FNO3/c1-21-16-8-12(9-17-18(16)23-11-22-17)10-20-7-6-15(20)13-2-4-14(19)5-3-13/h2-5,8-9,15H,6-7,10-11H2,1H3/t15-/m1/s1. The second kappa shape index (κ2) is 5.74. The van der Waals surface area contributed by atoms with Crippen LogP contribution >= 0.6 is 0 Å². The topological polar surface area (TPSA) is 30.9 Å². The van der Waals surface area contributed by atoms with Crippen molar-refractivity contribution < 1.29 is 18.6 Å². The quantitative estimate of drug-likeness (QED) is 0.864. The zero-order valence-electron chi connectivity index (χ0n) is 12.9. The summed E-state index contributed by atoms with van der Waals surface area (Å²) in [5.41, 5.74) is 2.28. The highest BCUT2D eigenvalue weighted by Gasteiger charge is 2.30. The van der Waals surface area contributed by atoms with Gasteiger partial charge in [-0.05, 0) is 41.8 Å². The predicted molar refractivity (Wildman–Crippen MR) is 83.3 cm³/mol. The molecule has 120 valence electrons. The average Bonchev–Trinajstić information content (AvgIpc) is 3.01. The summed E-state index contributed by atoms with van der Waals surface area (Å²) in [5.74, 6) is 1.92. The lowest BCUT2D eigenvalue weighted by Gasteiger charge is -2.41. The first kappa shape index (κ1) is 14.3. The molecule has 0 bridgehead atoms. The molecular formula is C18H18FNO3. The number of fused-ring (bicyclic) bond motifs is 1. The van der Waals surface area contributed by atoms with Crippen molar-refractivity contribution in [3.05, 3.63) is 53.3 Å². The van der Waals surface area contributed by atoms with Gasteiger partial charge in [-0.25, -0.2) is 4.39 Å². The minimum Gasteiger partial charge on any atom is -0.493 e. The van der Waals surface area contributed by atoms with Crippen LogP contribution in [0.2, 0.25) is 0 Å². The Morgan fingerprint density at radius 1 is 1.22 bits per heavy atom. The van der Waals surface area contributed by atoms with Crippen molar-refractivity contribution in [3.8, 4) is 17.2 Å². The molecule has 23 heavy (non-hydrogen) atoms. The van der Waals surface area contributed by atoms with Crippen LogP contribution in [0.5, 0.6) is 17.2 Å². The van der Waals surface area contributed by atoms with Gasteiger partial charge in [0, 0.05) is 19.1 Å². The van der Waals surface area contributed by atoms with Gasteiger partial charge in [0.25, 0.3) is 0 Å². The van der Waals surface area contributed by atoms with Gasteiger partial charge in [-0.2, -0.15) is 0 Å². The van der Waals surface area contributed by atoms with Crippen molar-refractivity contribution in [3.63, 3.8) is 0 Å². The van der Waals surface area contributed by atoms with Crippen molar-refractivity contribution >= 4 is 0 Å². The molecule has 2 heterocycles. The van der Waals surface area contributed by atoms with Gasteiger partial charge in [-0.15, -0.1) is 0 Å². The van der Waals surface area contributed by atoms with Gasteiger partial charge in [0.05, 0.1) is 7.11 Å². The molecule has 2 aliphatic heterocycles. The van der Waals surface area contributed by atoms with Crippen LogP contribution in [0.3, 0.4) is 0 Å². The SMILES string of the molecule is COc1cc(CN2CC[C@@H]2c2ccc(F)cc2)cc2c1OCO2. The maximum atomic E-state index is 13.1. The molecule has 1 saturated heterocycles. The Balaban J connectivity index is 1.53. The second-order valence-corrected chi connectivity index (χ2v) is 5.86. The lowest BCUT2D eigenvalue weighted by atomic mass is 9.94. The lowest BCUT2D eigenvalue weighted by molar-refractivity contribution is 0.0817. The highest BCUT2D eigenvalue weighted by atomic mass is 19.1. The largest absolute Gasteiger partial charge is 0.493 e. The average molecular weight is 315 g/mol. The highest BCUT2D eigenvalue weighted by Crippen LogP contribution is 2.43. The van der Waals surface area contributed by atoms with E-state index in [0.717, 1.165) is 36.4 Å². The predicted octanol–water partition coefficient (Wildman–Crippen LogP) is 3.51. The van der Waals surface area contributed by atoms with Crippen LogP contribution in [-0.4, -0.2) is 25.3 Å². The number of ether oxygens (including phenoxy) is 3. The molecule has 0 N–H and O–H groups in total. The van der Waals surface area contributed by atoms with E-state index in [9.17, 15) is 4.39 Å². The van der Waals surface area contributed by atoms with Gasteiger partial charge in [0.1, 0.15) is 5.82 Å². The number of rotatable bonds is 4. The summed E-state index contributed by atoms with van der Waals surface area (Å²) in [7, 11) is 1.63. The number of nitrogens with zero attached hydrogens (tertiary/aromatic N) is 1. The monoisotopic (exact) mass is 315 g/mol. The number of likely N-dealkylation sites (tertiary alicyclic amines) is 1. The molecule has 2 aromatic carbocycles. The Labute approximate surface area is 134 Å². The van der Waals surface area contributed by atoms with E-state index in [1.165, 1.54) is 12.1 Å². The zero-order chi connectivity index (χ0) is 15.8. The van der Waals surface area contributed by atoms with Crippen LogP contribution in [0, 0.1) is 5.82 Å². The van der Waals surface area contributed by atoms with E-state index in [-0.39, 0.29) is 12.6 Å². The number of hydrogen-bond acceptors (Lipinski definition) is 4. The molecule has 0 radical (unpaired) electrons. The number of halogens is 1. The van der Waals surface area contributed by atoms with E-state index in [2.05, 4.69) is 4.90 Å². The van der Waals surface area contributed by atoms with E-state index >= 15 is 0 Å². The van der Waals surface area contributed by atoms with Crippen molar-refractivity contribution in [2.24, 2.45) is 0 Å². The molecule has 0 aliphatic carbocycles. The third-order valence-electron chi connectivity index (χ3n) is 4.49. The molecule has 0 saturated carbocycles. The summed E-state index contributed by atoms with van der Waals surface area (Å²) < 4.78 is 29.4. The molecule has 4 nitrogen and oxygen atoms in total. The van der Waals surface area contributed by atoms with Crippen LogP contribution in [0.4, 0.5) is 4.39 Å². The molecule has 5 heteroatoms. The molecule has 2 aliphatic rings. The molecular weight excluding hydrogens is 297 g/mol. The molecule has 1 fully saturated rings. The van der Waals surface area contributed by atoms with Crippen molar-refractivity contribution in [2.45, 2.75) is 19.0 Å². The Morgan fingerprint density at radius 3 is 2.74 bits per heavy atom. The van der Waals surface area contributed by atoms with E-state index in [1.807, 2.05) is 24.3 Å². The van der Waals surface area contributed by atoms with E-state index in [1.54, 1.807) is 7.11 Å². The molecule has 4 rings (SSSR count). The van der Waals surface area contributed by atoms with Crippen molar-refractivity contribution in [2.75, 3.05) is 20.4 Å². The van der Waals surface area contributed by atoms with Crippen LogP contribution < -0.4 is 14.2 Å². The summed E-state index contributed by atoms with van der Waals surface area (Å²) in [6.45, 7) is 2.06. The minimum atomic E-state index is -0.194. The summed E-state index contributed by atoms with van der Waals surface area (Å²) in [6.07, 6.45) is 1.09. The summed E-state index contributed by atoms with van der Waals surface area (Å²) in [4.78, 5) is 2.37. The molecule has 0 unspecified atom stereocenters. The molecule has 1 atom stereocenters. The third kappa shape index (κ3) is 2.61. The van der Waals surface area contributed by atoms with Gasteiger partial charge in [0.15, 0.2) is 11.5 Å². The van der Waals surface area contributed by atoms with Crippen LogP contribution in [0.25, 0.3) is 0 Å². The number of benzene rings is 2. The molecule has 0 spiro atoms. The van der Waals surface area contributed by atoms with Gasteiger partial charge in [0.2, 0.25) is 12.5 Å². The molecule has 2 aromatic rings. The number of hydrogen-bond donors (Lipinski definition) is 0. The third-order valence-corrected chi connectivity index (χ3v) is 4.49. The van der Waals surface area contributed by atoms with Crippen LogP contribution in [0.1, 0.15) is 23.6 Å². The van der Waals surface area contributed by atoms with Crippen LogP contribution in [-0.2, 0) is 6.54 Å². The molecule has 0 amide bonds. The summed E-state index contributed by atoms with van der Waals surface area (Å²) >= 11 is 0. The maximum absolute atomic E-state index is 13.1. The Hall–Kier alpha value is -2.27. The van der Waals surface area contributed by atoms with Gasteiger partial charge >= 0.3 is 0 Å².